The van der Waals surface area contributed by atoms with Crippen LogP contribution in [-0.2, 0) is 18.3 Å². The lowest BCUT2D eigenvalue weighted by Crippen LogP contribution is -2.38. The molecule has 0 saturated carbocycles. The molecule has 1 atom stereocenters. The highest BCUT2D eigenvalue weighted by molar-refractivity contribution is 7.13. The fourth-order valence-corrected chi connectivity index (χ4v) is 4.80. The first kappa shape index (κ1) is 20.3. The van der Waals surface area contributed by atoms with Crippen LogP contribution in [-0.4, -0.2) is 57.3 Å². The topological polar surface area (TPSA) is 58.4 Å². The van der Waals surface area contributed by atoms with Gasteiger partial charge in [0.25, 0.3) is 5.91 Å². The number of nitrogens with zero attached hydrogens (tertiary/aromatic N) is 4. The van der Waals surface area contributed by atoms with Crippen molar-refractivity contribution < 1.29 is 9.59 Å². The molecule has 30 heavy (non-hydrogen) atoms. The van der Waals surface area contributed by atoms with Crippen LogP contribution < -0.4 is 0 Å². The smallest absolute Gasteiger partial charge is 0.274 e. The molecule has 0 aliphatic carbocycles. The molecule has 2 amide bonds. The molecule has 3 aromatic rings. The molecule has 1 saturated heterocycles. The van der Waals surface area contributed by atoms with Crippen LogP contribution in [0, 0.1) is 5.92 Å². The van der Waals surface area contributed by atoms with Gasteiger partial charge in [-0.25, -0.2) is 4.98 Å². The average Bonchev–Trinajstić information content (AvgIpc) is 3.41. The van der Waals surface area contributed by atoms with E-state index in [2.05, 4.69) is 28.6 Å². The Morgan fingerprint density at radius 1 is 1.20 bits per heavy atom. The van der Waals surface area contributed by atoms with Gasteiger partial charge in [0.15, 0.2) is 0 Å². The quantitative estimate of drug-likeness (QED) is 0.634. The molecule has 1 aliphatic rings. The predicted octanol–water partition coefficient (Wildman–Crippen LogP) is 3.31. The number of thiophene rings is 1. The monoisotopic (exact) mass is 422 g/mol. The summed E-state index contributed by atoms with van der Waals surface area (Å²) in [6.45, 7) is 4.12. The summed E-state index contributed by atoms with van der Waals surface area (Å²) in [5.41, 5.74) is 2.73. The summed E-state index contributed by atoms with van der Waals surface area (Å²) in [6.07, 6.45) is 3.96. The first-order valence-electron chi connectivity index (χ1n) is 10.2. The fourth-order valence-electron chi connectivity index (χ4n) is 4.02. The Kier molecular flexibility index (Phi) is 5.99. The molecule has 6 nitrogen and oxygen atoms in total. The van der Waals surface area contributed by atoms with Crippen molar-refractivity contribution in [3.8, 4) is 10.4 Å². The zero-order valence-corrected chi connectivity index (χ0v) is 18.1. The van der Waals surface area contributed by atoms with Gasteiger partial charge in [0, 0.05) is 44.3 Å². The largest absolute Gasteiger partial charge is 0.341 e. The highest BCUT2D eigenvalue weighted by Gasteiger charge is 2.33. The van der Waals surface area contributed by atoms with Gasteiger partial charge in [-0.1, -0.05) is 30.3 Å². The van der Waals surface area contributed by atoms with Gasteiger partial charge in [-0.2, -0.15) is 0 Å². The normalized spacial score (nSPS) is 17.3. The maximum Gasteiger partial charge on any atom is 0.274 e. The van der Waals surface area contributed by atoms with E-state index in [9.17, 15) is 9.59 Å². The summed E-state index contributed by atoms with van der Waals surface area (Å²) < 4.78 is 1.77. The molecule has 7 heteroatoms. The number of aryl methyl sites for hydroxylation is 1. The Morgan fingerprint density at radius 2 is 2.03 bits per heavy atom. The van der Waals surface area contributed by atoms with Crippen molar-refractivity contribution in [2.24, 2.45) is 13.0 Å². The van der Waals surface area contributed by atoms with Crippen molar-refractivity contribution in [2.45, 2.75) is 13.3 Å². The summed E-state index contributed by atoms with van der Waals surface area (Å²) in [5.74, 6) is -0.270. The zero-order chi connectivity index (χ0) is 21.1. The van der Waals surface area contributed by atoms with E-state index in [1.807, 2.05) is 37.1 Å². The average molecular weight is 423 g/mol. The van der Waals surface area contributed by atoms with Crippen molar-refractivity contribution >= 4 is 23.2 Å². The van der Waals surface area contributed by atoms with Gasteiger partial charge in [0.05, 0.1) is 12.2 Å². The van der Waals surface area contributed by atoms with Crippen molar-refractivity contribution in [2.75, 3.05) is 26.2 Å². The molecule has 3 heterocycles. The van der Waals surface area contributed by atoms with Gasteiger partial charge in [-0.05, 0) is 35.9 Å². The van der Waals surface area contributed by atoms with E-state index in [-0.39, 0.29) is 17.7 Å². The van der Waals surface area contributed by atoms with Gasteiger partial charge in [0.2, 0.25) is 5.91 Å². The zero-order valence-electron chi connectivity index (χ0n) is 17.3. The van der Waals surface area contributed by atoms with Crippen LogP contribution in [0.3, 0.4) is 0 Å². The van der Waals surface area contributed by atoms with Gasteiger partial charge in [-0.3, -0.25) is 9.59 Å². The van der Waals surface area contributed by atoms with Gasteiger partial charge < -0.3 is 14.4 Å². The SMILES string of the molecule is CCN1CCN(C(=O)c2cn(C)cn2)C[C@H](Cc2ccccc2-c2cccs2)C1=O. The minimum absolute atomic E-state index is 0.113. The molecule has 0 spiro atoms. The van der Waals surface area contributed by atoms with E-state index in [1.54, 1.807) is 33.3 Å². The van der Waals surface area contributed by atoms with E-state index in [0.29, 0.717) is 38.3 Å². The van der Waals surface area contributed by atoms with Crippen molar-refractivity contribution in [1.29, 1.82) is 0 Å². The summed E-state index contributed by atoms with van der Waals surface area (Å²) in [7, 11) is 1.85. The number of hydrogen-bond donors (Lipinski definition) is 0. The molecule has 156 valence electrons. The van der Waals surface area contributed by atoms with Crippen LogP contribution in [0.1, 0.15) is 23.0 Å². The number of likely N-dealkylation sites (N-methyl/N-ethyl adjacent to an activating group) is 1. The standard InChI is InChI=1S/C23H26N4O2S/c1-3-26-10-11-27(23(29)20-15-25(2)16-24-20)14-18(22(26)28)13-17-7-4-5-8-19(17)21-9-6-12-30-21/h4-9,12,15-16,18H,3,10-11,13-14H2,1-2H3/t18-/m0/s1. The molecule has 0 bridgehead atoms. The number of carbonyl (C=O) groups is 2. The number of aromatic nitrogens is 2. The summed E-state index contributed by atoms with van der Waals surface area (Å²) in [4.78, 5) is 35.4. The number of benzene rings is 1. The van der Waals surface area contributed by atoms with Crippen LogP contribution in [0.15, 0.2) is 54.3 Å². The summed E-state index contributed by atoms with van der Waals surface area (Å²) in [5, 5.41) is 2.06. The number of amides is 2. The van der Waals surface area contributed by atoms with E-state index in [0.717, 1.165) is 11.1 Å². The molecular formula is C23H26N4O2S. The van der Waals surface area contributed by atoms with Crippen LogP contribution >= 0.6 is 11.3 Å². The fraction of sp³-hybridized carbons (Fsp3) is 0.348. The highest BCUT2D eigenvalue weighted by Crippen LogP contribution is 2.30. The van der Waals surface area contributed by atoms with Crippen LogP contribution in [0.5, 0.6) is 0 Å². The summed E-state index contributed by atoms with van der Waals surface area (Å²) in [6, 6.07) is 12.4. The molecule has 1 aromatic carbocycles. The maximum atomic E-state index is 13.3. The number of rotatable bonds is 5. The van der Waals surface area contributed by atoms with Gasteiger partial charge in [0.1, 0.15) is 5.69 Å². The van der Waals surface area contributed by atoms with E-state index < -0.39 is 0 Å². The minimum Gasteiger partial charge on any atom is -0.341 e. The third-order valence-electron chi connectivity index (χ3n) is 5.60. The van der Waals surface area contributed by atoms with Gasteiger partial charge >= 0.3 is 0 Å². The number of hydrogen-bond acceptors (Lipinski definition) is 4. The number of imidazole rings is 1. The lowest BCUT2D eigenvalue weighted by Gasteiger charge is -2.24. The first-order valence-corrected chi connectivity index (χ1v) is 11.1. The summed E-state index contributed by atoms with van der Waals surface area (Å²) >= 11 is 1.70. The molecule has 1 aliphatic heterocycles. The maximum absolute atomic E-state index is 13.3. The predicted molar refractivity (Wildman–Crippen MR) is 118 cm³/mol. The Labute approximate surface area is 180 Å². The Bertz CT molecular complexity index is 1030. The van der Waals surface area contributed by atoms with E-state index in [1.165, 1.54) is 4.88 Å². The lowest BCUT2D eigenvalue weighted by molar-refractivity contribution is -0.134. The second-order valence-corrected chi connectivity index (χ2v) is 8.58. The molecule has 0 radical (unpaired) electrons. The Morgan fingerprint density at radius 3 is 2.73 bits per heavy atom. The molecule has 4 rings (SSSR count). The van der Waals surface area contributed by atoms with Crippen LogP contribution in [0.25, 0.3) is 10.4 Å². The van der Waals surface area contributed by atoms with Gasteiger partial charge in [-0.15, -0.1) is 11.3 Å². The lowest BCUT2D eigenvalue weighted by atomic mass is 9.93. The molecule has 2 aromatic heterocycles. The highest BCUT2D eigenvalue weighted by atomic mass is 32.1. The van der Waals surface area contributed by atoms with Crippen molar-refractivity contribution in [3.05, 3.63) is 65.6 Å². The van der Waals surface area contributed by atoms with E-state index >= 15 is 0 Å². The van der Waals surface area contributed by atoms with E-state index in [4.69, 9.17) is 0 Å². The Balaban J connectivity index is 1.62. The Hall–Kier alpha value is -2.93. The van der Waals surface area contributed by atoms with Crippen LogP contribution in [0.2, 0.25) is 0 Å². The molecule has 0 N–H and O–H groups in total. The van der Waals surface area contributed by atoms with Crippen LogP contribution in [0.4, 0.5) is 0 Å². The molecule has 0 unspecified atom stereocenters. The minimum atomic E-state index is -0.277. The second-order valence-electron chi connectivity index (χ2n) is 7.63. The third-order valence-corrected chi connectivity index (χ3v) is 6.51. The first-order chi connectivity index (χ1) is 14.6. The number of carbonyl (C=O) groups excluding carboxylic acids is 2. The molecular weight excluding hydrogens is 396 g/mol. The second kappa shape index (κ2) is 8.83. The van der Waals surface area contributed by atoms with Crippen molar-refractivity contribution in [3.63, 3.8) is 0 Å². The van der Waals surface area contributed by atoms with Crippen molar-refractivity contribution in [1.82, 2.24) is 19.4 Å². The molecule has 1 fully saturated rings. The third kappa shape index (κ3) is 4.16.